The van der Waals surface area contributed by atoms with Gasteiger partial charge in [-0.1, -0.05) is 23.2 Å². The highest BCUT2D eigenvalue weighted by molar-refractivity contribution is 6.33. The summed E-state index contributed by atoms with van der Waals surface area (Å²) in [5, 5.41) is 9.19. The van der Waals surface area contributed by atoms with E-state index in [1.165, 1.54) is 12.1 Å². The van der Waals surface area contributed by atoms with Crippen LogP contribution in [0.3, 0.4) is 0 Å². The minimum absolute atomic E-state index is 0.355. The van der Waals surface area contributed by atoms with Crippen molar-refractivity contribution in [3.05, 3.63) is 63.4 Å². The van der Waals surface area contributed by atoms with Crippen molar-refractivity contribution >= 4 is 29.0 Å². The molecule has 3 nitrogen and oxygen atoms in total. The van der Waals surface area contributed by atoms with Crippen molar-refractivity contribution in [3.8, 4) is 16.9 Å². The van der Waals surface area contributed by atoms with Gasteiger partial charge in [0.05, 0.1) is 16.4 Å². The molecule has 0 bridgehead atoms. The highest BCUT2D eigenvalue weighted by Crippen LogP contribution is 2.38. The van der Waals surface area contributed by atoms with Crippen LogP contribution in [-0.2, 0) is 6.42 Å². The summed E-state index contributed by atoms with van der Waals surface area (Å²) in [5.41, 5.74) is 4.60. The third kappa shape index (κ3) is 2.46. The van der Waals surface area contributed by atoms with Gasteiger partial charge in [-0.05, 0) is 55.3 Å². The lowest BCUT2D eigenvalue weighted by molar-refractivity contribution is 0.628. The van der Waals surface area contributed by atoms with Crippen LogP contribution in [-0.4, -0.2) is 16.3 Å². The second-order valence-electron chi connectivity index (χ2n) is 5.82. The van der Waals surface area contributed by atoms with Crippen molar-refractivity contribution in [2.45, 2.75) is 13.3 Å². The molecule has 0 amide bonds. The normalized spacial score (nSPS) is 13.0. The summed E-state index contributed by atoms with van der Waals surface area (Å²) in [7, 11) is 0. The second-order valence-corrected chi connectivity index (χ2v) is 6.66. The van der Waals surface area contributed by atoms with E-state index in [-0.39, 0.29) is 5.82 Å². The molecular formula is C18H14Cl2FN3. The van der Waals surface area contributed by atoms with E-state index in [4.69, 9.17) is 28.3 Å². The first kappa shape index (κ1) is 15.5. The smallest absolute Gasteiger partial charge is 0.133 e. The molecule has 1 aliphatic rings. The van der Waals surface area contributed by atoms with Crippen LogP contribution >= 0.6 is 23.2 Å². The van der Waals surface area contributed by atoms with Gasteiger partial charge in [0.25, 0.3) is 0 Å². The van der Waals surface area contributed by atoms with Gasteiger partial charge in [0.1, 0.15) is 11.6 Å². The van der Waals surface area contributed by atoms with Crippen molar-refractivity contribution in [1.29, 1.82) is 0 Å². The molecule has 24 heavy (non-hydrogen) atoms. The van der Waals surface area contributed by atoms with Crippen LogP contribution in [0.2, 0.25) is 10.0 Å². The molecule has 0 spiro atoms. The molecule has 4 rings (SSSR count). The highest BCUT2D eigenvalue weighted by atomic mass is 35.5. The van der Waals surface area contributed by atoms with Gasteiger partial charge in [0.15, 0.2) is 0 Å². The zero-order valence-corrected chi connectivity index (χ0v) is 14.4. The van der Waals surface area contributed by atoms with E-state index in [1.807, 2.05) is 29.8 Å². The molecule has 1 aromatic heterocycles. The maximum atomic E-state index is 13.4. The van der Waals surface area contributed by atoms with Gasteiger partial charge in [-0.25, -0.2) is 9.07 Å². The number of aromatic nitrogens is 2. The largest absolute Gasteiger partial charge is 0.369 e. The molecule has 0 atom stereocenters. The maximum absolute atomic E-state index is 13.4. The molecule has 0 saturated heterocycles. The third-order valence-corrected chi connectivity index (χ3v) is 4.77. The van der Waals surface area contributed by atoms with Gasteiger partial charge in [-0.15, -0.1) is 0 Å². The topological polar surface area (TPSA) is 29.9 Å². The van der Waals surface area contributed by atoms with E-state index in [2.05, 4.69) is 5.32 Å². The maximum Gasteiger partial charge on any atom is 0.133 e. The monoisotopic (exact) mass is 361 g/mol. The molecule has 3 aromatic rings. The Labute approximate surface area is 149 Å². The van der Waals surface area contributed by atoms with Crippen LogP contribution in [0.15, 0.2) is 36.4 Å². The average molecular weight is 362 g/mol. The zero-order chi connectivity index (χ0) is 16.8. The van der Waals surface area contributed by atoms with Gasteiger partial charge in [0.2, 0.25) is 0 Å². The molecular weight excluding hydrogens is 348 g/mol. The standard InChI is InChI=1S/C18H14Cl2FN3/c1-10-8-11(19)2-5-16(10)24-18-14(6-7-22-18)17(23-24)13-4-3-12(21)9-15(13)20/h2-5,8-9,22H,6-7H2,1H3. The number of rotatable bonds is 2. The predicted octanol–water partition coefficient (Wildman–Crippen LogP) is 5.26. The zero-order valence-electron chi connectivity index (χ0n) is 12.9. The van der Waals surface area contributed by atoms with Gasteiger partial charge >= 0.3 is 0 Å². The number of aryl methyl sites for hydroxylation is 1. The molecule has 2 heterocycles. The molecule has 1 aliphatic heterocycles. The number of hydrogen-bond donors (Lipinski definition) is 1. The summed E-state index contributed by atoms with van der Waals surface area (Å²) < 4.78 is 15.2. The van der Waals surface area contributed by atoms with E-state index >= 15 is 0 Å². The molecule has 0 radical (unpaired) electrons. The fraction of sp³-hybridized carbons (Fsp3) is 0.167. The number of benzene rings is 2. The molecule has 122 valence electrons. The Morgan fingerprint density at radius 1 is 1.17 bits per heavy atom. The quantitative estimate of drug-likeness (QED) is 0.674. The van der Waals surface area contributed by atoms with Crippen LogP contribution in [0.25, 0.3) is 16.9 Å². The van der Waals surface area contributed by atoms with Gasteiger partial charge in [-0.3, -0.25) is 0 Å². The molecule has 1 N–H and O–H groups in total. The number of halogens is 3. The predicted molar refractivity (Wildman–Crippen MR) is 95.9 cm³/mol. The number of fused-ring (bicyclic) bond motifs is 1. The minimum Gasteiger partial charge on any atom is -0.369 e. The highest BCUT2D eigenvalue weighted by Gasteiger charge is 2.25. The number of anilines is 1. The van der Waals surface area contributed by atoms with Gasteiger partial charge < -0.3 is 5.32 Å². The van der Waals surface area contributed by atoms with Crippen molar-refractivity contribution in [3.63, 3.8) is 0 Å². The molecule has 6 heteroatoms. The Morgan fingerprint density at radius 3 is 2.75 bits per heavy atom. The molecule has 0 unspecified atom stereocenters. The van der Waals surface area contributed by atoms with Crippen LogP contribution in [0.4, 0.5) is 10.2 Å². The molecule has 2 aromatic carbocycles. The van der Waals surface area contributed by atoms with Crippen molar-refractivity contribution in [2.24, 2.45) is 0 Å². The average Bonchev–Trinajstić information content (AvgIpc) is 3.11. The first-order valence-corrected chi connectivity index (χ1v) is 8.38. The lowest BCUT2D eigenvalue weighted by atomic mass is 10.1. The summed E-state index contributed by atoms with van der Waals surface area (Å²) in [6.45, 7) is 2.83. The van der Waals surface area contributed by atoms with E-state index in [0.29, 0.717) is 10.0 Å². The Morgan fingerprint density at radius 2 is 2.00 bits per heavy atom. The number of nitrogens with zero attached hydrogens (tertiary/aromatic N) is 2. The fourth-order valence-corrected chi connectivity index (χ4v) is 3.59. The first-order chi connectivity index (χ1) is 11.5. The minimum atomic E-state index is -0.355. The number of nitrogens with one attached hydrogen (secondary N) is 1. The van der Waals surface area contributed by atoms with Crippen LogP contribution < -0.4 is 5.32 Å². The Bertz CT molecular complexity index is 876. The van der Waals surface area contributed by atoms with E-state index in [9.17, 15) is 4.39 Å². The molecule has 0 aliphatic carbocycles. The van der Waals surface area contributed by atoms with Gasteiger partial charge in [0, 0.05) is 22.7 Å². The molecule has 0 saturated carbocycles. The summed E-state index contributed by atoms with van der Waals surface area (Å²) >= 11 is 12.3. The lowest BCUT2D eigenvalue weighted by Crippen LogP contribution is -2.05. The van der Waals surface area contributed by atoms with Gasteiger partial charge in [-0.2, -0.15) is 5.10 Å². The SMILES string of the molecule is Cc1cc(Cl)ccc1-n1nc(-c2ccc(F)cc2Cl)c2c1NCC2. The van der Waals surface area contributed by atoms with Crippen LogP contribution in [0.1, 0.15) is 11.1 Å². The summed E-state index contributed by atoms with van der Waals surface area (Å²) in [4.78, 5) is 0. The summed E-state index contributed by atoms with van der Waals surface area (Å²) in [6, 6.07) is 10.1. The van der Waals surface area contributed by atoms with E-state index < -0.39 is 0 Å². The van der Waals surface area contributed by atoms with Crippen molar-refractivity contribution in [1.82, 2.24) is 9.78 Å². The van der Waals surface area contributed by atoms with E-state index in [0.717, 1.165) is 46.9 Å². The third-order valence-electron chi connectivity index (χ3n) is 4.22. The van der Waals surface area contributed by atoms with Crippen molar-refractivity contribution in [2.75, 3.05) is 11.9 Å². The lowest BCUT2D eigenvalue weighted by Gasteiger charge is -2.10. The summed E-state index contributed by atoms with van der Waals surface area (Å²) in [6.07, 6.45) is 0.852. The fourth-order valence-electron chi connectivity index (χ4n) is 3.10. The Balaban J connectivity index is 1.92. The molecule has 0 fully saturated rings. The Hall–Kier alpha value is -2.04. The van der Waals surface area contributed by atoms with Crippen LogP contribution in [0, 0.1) is 12.7 Å². The second kappa shape index (κ2) is 5.80. The summed E-state index contributed by atoms with van der Waals surface area (Å²) in [5.74, 6) is 0.599. The number of hydrogen-bond acceptors (Lipinski definition) is 2. The van der Waals surface area contributed by atoms with Crippen LogP contribution in [0.5, 0.6) is 0 Å². The Kier molecular flexibility index (Phi) is 3.74. The van der Waals surface area contributed by atoms with Crippen molar-refractivity contribution < 1.29 is 4.39 Å². The van der Waals surface area contributed by atoms with E-state index in [1.54, 1.807) is 6.07 Å². The first-order valence-electron chi connectivity index (χ1n) is 7.62.